The molecule has 0 spiro atoms. The van der Waals surface area contributed by atoms with Crippen molar-refractivity contribution in [1.29, 1.82) is 0 Å². The maximum absolute atomic E-state index is 13.3. The fraction of sp³-hybridized carbons (Fsp3) is 0.238. The number of amides is 1. The van der Waals surface area contributed by atoms with E-state index in [-0.39, 0.29) is 31.2 Å². The molecule has 1 N–H and O–H groups in total. The van der Waals surface area contributed by atoms with E-state index in [1.165, 1.54) is 23.1 Å². The molecule has 0 saturated carbocycles. The standard InChI is InChI=1S/C21H20FN7O3/c1-3-32-19(31)9-8-18(30)26-17-10-13(2)27-29(17)21-16-11-25-28(20(16)23-12-24-21)15-6-4-14(22)5-7-15/h4-7,10-12H,3,8-9H2,1-2H3,(H,26,30). The number of nitrogens with zero attached hydrogens (tertiary/aromatic N) is 6. The van der Waals surface area contributed by atoms with E-state index in [9.17, 15) is 14.0 Å². The minimum atomic E-state index is -0.432. The van der Waals surface area contributed by atoms with Crippen molar-refractivity contribution in [2.24, 2.45) is 0 Å². The molecule has 0 saturated heterocycles. The summed E-state index contributed by atoms with van der Waals surface area (Å²) in [5, 5.41) is 12.1. The molecule has 0 aliphatic heterocycles. The van der Waals surface area contributed by atoms with E-state index < -0.39 is 5.97 Å². The molecule has 10 nitrogen and oxygen atoms in total. The summed E-state index contributed by atoms with van der Waals surface area (Å²) in [5.74, 6) is -0.330. The van der Waals surface area contributed by atoms with Crippen molar-refractivity contribution in [2.75, 3.05) is 11.9 Å². The van der Waals surface area contributed by atoms with Crippen LogP contribution in [0.4, 0.5) is 10.2 Å². The molecule has 4 aromatic rings. The number of aromatic nitrogens is 6. The molecule has 0 fully saturated rings. The number of nitrogens with one attached hydrogen (secondary N) is 1. The molecule has 11 heteroatoms. The zero-order valence-corrected chi connectivity index (χ0v) is 17.4. The van der Waals surface area contributed by atoms with Gasteiger partial charge in [0.05, 0.1) is 36.0 Å². The lowest BCUT2D eigenvalue weighted by Gasteiger charge is -2.09. The highest BCUT2D eigenvalue weighted by Crippen LogP contribution is 2.24. The molecular formula is C21H20FN7O3. The van der Waals surface area contributed by atoms with Gasteiger partial charge in [-0.15, -0.1) is 0 Å². The maximum atomic E-state index is 13.3. The van der Waals surface area contributed by atoms with E-state index in [1.807, 2.05) is 0 Å². The third-order valence-corrected chi connectivity index (χ3v) is 4.58. The van der Waals surface area contributed by atoms with Gasteiger partial charge in [-0.2, -0.15) is 14.9 Å². The minimum Gasteiger partial charge on any atom is -0.466 e. The first kappa shape index (κ1) is 21.1. The van der Waals surface area contributed by atoms with Crippen molar-refractivity contribution >= 4 is 28.7 Å². The van der Waals surface area contributed by atoms with Gasteiger partial charge in [-0.25, -0.2) is 19.0 Å². The lowest BCUT2D eigenvalue weighted by Crippen LogP contribution is -2.17. The van der Waals surface area contributed by atoms with Crippen LogP contribution in [-0.2, 0) is 14.3 Å². The number of carbonyl (C=O) groups excluding carboxylic acids is 2. The first-order valence-corrected chi connectivity index (χ1v) is 9.93. The molecule has 32 heavy (non-hydrogen) atoms. The summed E-state index contributed by atoms with van der Waals surface area (Å²) in [6.45, 7) is 3.76. The maximum Gasteiger partial charge on any atom is 0.306 e. The van der Waals surface area contributed by atoms with Gasteiger partial charge in [-0.3, -0.25) is 9.59 Å². The summed E-state index contributed by atoms with van der Waals surface area (Å²) >= 11 is 0. The second kappa shape index (κ2) is 8.92. The molecular weight excluding hydrogens is 417 g/mol. The third kappa shape index (κ3) is 4.31. The Kier molecular flexibility index (Phi) is 5.88. The zero-order chi connectivity index (χ0) is 22.7. The number of anilines is 1. The average Bonchev–Trinajstić information content (AvgIpc) is 3.36. The first-order chi connectivity index (χ1) is 15.5. The van der Waals surface area contributed by atoms with Gasteiger partial charge in [0.2, 0.25) is 5.91 Å². The zero-order valence-electron chi connectivity index (χ0n) is 17.4. The molecule has 1 amide bonds. The molecule has 0 bridgehead atoms. The van der Waals surface area contributed by atoms with Crippen LogP contribution in [0.1, 0.15) is 25.5 Å². The number of carbonyl (C=O) groups is 2. The summed E-state index contributed by atoms with van der Waals surface area (Å²) < 4.78 is 21.2. The van der Waals surface area contributed by atoms with Crippen LogP contribution in [0.3, 0.4) is 0 Å². The fourth-order valence-corrected chi connectivity index (χ4v) is 3.18. The quantitative estimate of drug-likeness (QED) is 0.442. The summed E-state index contributed by atoms with van der Waals surface area (Å²) in [5.41, 5.74) is 1.79. The number of halogens is 1. The van der Waals surface area contributed by atoms with Crippen LogP contribution in [0.15, 0.2) is 42.9 Å². The van der Waals surface area contributed by atoms with E-state index >= 15 is 0 Å². The van der Waals surface area contributed by atoms with E-state index in [0.717, 1.165) is 0 Å². The SMILES string of the molecule is CCOC(=O)CCC(=O)Nc1cc(C)nn1-c1ncnc2c1cnn2-c1ccc(F)cc1. The minimum absolute atomic E-state index is 0.0189. The van der Waals surface area contributed by atoms with E-state index in [4.69, 9.17) is 4.74 Å². The lowest BCUT2D eigenvalue weighted by atomic mass is 10.3. The van der Waals surface area contributed by atoms with Gasteiger partial charge < -0.3 is 10.1 Å². The van der Waals surface area contributed by atoms with Crippen LogP contribution >= 0.6 is 0 Å². The number of ether oxygens (including phenoxy) is 1. The first-order valence-electron chi connectivity index (χ1n) is 9.93. The third-order valence-electron chi connectivity index (χ3n) is 4.58. The number of fused-ring (bicyclic) bond motifs is 1. The summed E-state index contributed by atoms with van der Waals surface area (Å²) in [6, 6.07) is 7.56. The normalized spacial score (nSPS) is 11.0. The van der Waals surface area contributed by atoms with Gasteiger partial charge in [-0.1, -0.05) is 0 Å². The van der Waals surface area contributed by atoms with E-state index in [2.05, 4.69) is 25.5 Å². The number of rotatable bonds is 7. The Morgan fingerprint density at radius 2 is 1.91 bits per heavy atom. The van der Waals surface area contributed by atoms with Crippen molar-refractivity contribution in [2.45, 2.75) is 26.7 Å². The summed E-state index contributed by atoms with van der Waals surface area (Å²) in [4.78, 5) is 32.5. The second-order valence-corrected chi connectivity index (χ2v) is 6.90. The fourth-order valence-electron chi connectivity index (χ4n) is 3.18. The molecule has 0 unspecified atom stereocenters. The molecule has 3 heterocycles. The molecule has 164 valence electrons. The number of hydrogen-bond acceptors (Lipinski definition) is 7. The Labute approximate surface area is 182 Å². The van der Waals surface area contributed by atoms with Crippen LogP contribution in [0.25, 0.3) is 22.5 Å². The van der Waals surface area contributed by atoms with Crippen molar-refractivity contribution in [1.82, 2.24) is 29.5 Å². The predicted octanol–water partition coefficient (Wildman–Crippen LogP) is 2.73. The van der Waals surface area contributed by atoms with Crippen molar-refractivity contribution in [3.63, 3.8) is 0 Å². The van der Waals surface area contributed by atoms with Gasteiger partial charge in [0.25, 0.3) is 0 Å². The summed E-state index contributed by atoms with van der Waals surface area (Å²) in [6.07, 6.45) is 2.90. The second-order valence-electron chi connectivity index (χ2n) is 6.90. The number of benzene rings is 1. The lowest BCUT2D eigenvalue weighted by molar-refractivity contribution is -0.144. The molecule has 0 radical (unpaired) electrons. The van der Waals surface area contributed by atoms with Crippen LogP contribution in [0, 0.1) is 12.7 Å². The van der Waals surface area contributed by atoms with Crippen LogP contribution in [0.5, 0.6) is 0 Å². The van der Waals surface area contributed by atoms with E-state index in [0.29, 0.717) is 34.1 Å². The summed E-state index contributed by atoms with van der Waals surface area (Å²) in [7, 11) is 0. The number of esters is 1. The van der Waals surface area contributed by atoms with Crippen LogP contribution in [-0.4, -0.2) is 48.0 Å². The van der Waals surface area contributed by atoms with Crippen molar-refractivity contribution in [3.8, 4) is 11.5 Å². The smallest absolute Gasteiger partial charge is 0.306 e. The van der Waals surface area contributed by atoms with Crippen LogP contribution < -0.4 is 5.32 Å². The molecule has 0 atom stereocenters. The van der Waals surface area contributed by atoms with Gasteiger partial charge in [-0.05, 0) is 38.1 Å². The van der Waals surface area contributed by atoms with Gasteiger partial charge in [0.15, 0.2) is 11.5 Å². The van der Waals surface area contributed by atoms with Gasteiger partial charge >= 0.3 is 5.97 Å². The molecule has 1 aromatic carbocycles. The van der Waals surface area contributed by atoms with Gasteiger partial charge in [0.1, 0.15) is 18.0 Å². The number of hydrogen-bond donors (Lipinski definition) is 1. The predicted molar refractivity (Wildman–Crippen MR) is 113 cm³/mol. The Morgan fingerprint density at radius 1 is 1.12 bits per heavy atom. The Morgan fingerprint density at radius 3 is 2.66 bits per heavy atom. The Hall–Kier alpha value is -4.15. The molecule has 0 aliphatic rings. The molecule has 4 rings (SSSR count). The van der Waals surface area contributed by atoms with Gasteiger partial charge in [0, 0.05) is 12.5 Å². The highest BCUT2D eigenvalue weighted by atomic mass is 19.1. The Balaban J connectivity index is 1.64. The van der Waals surface area contributed by atoms with E-state index in [1.54, 1.807) is 42.9 Å². The van der Waals surface area contributed by atoms with Crippen LogP contribution in [0.2, 0.25) is 0 Å². The van der Waals surface area contributed by atoms with Crippen molar-refractivity contribution < 1.29 is 18.7 Å². The average molecular weight is 437 g/mol. The van der Waals surface area contributed by atoms with Crippen molar-refractivity contribution in [3.05, 3.63) is 54.4 Å². The Bertz CT molecular complexity index is 1280. The molecule has 0 aliphatic carbocycles. The highest BCUT2D eigenvalue weighted by molar-refractivity contribution is 5.93. The topological polar surface area (TPSA) is 117 Å². The highest BCUT2D eigenvalue weighted by Gasteiger charge is 2.18. The monoisotopic (exact) mass is 437 g/mol. The molecule has 3 aromatic heterocycles. The number of aryl methyl sites for hydroxylation is 1. The largest absolute Gasteiger partial charge is 0.466 e.